The Morgan fingerprint density at radius 2 is 2.12 bits per heavy atom. The van der Waals surface area contributed by atoms with Gasteiger partial charge in [-0.1, -0.05) is 0 Å². The van der Waals surface area contributed by atoms with Crippen molar-refractivity contribution in [2.75, 3.05) is 7.11 Å². The van der Waals surface area contributed by atoms with E-state index in [1.165, 1.54) is 0 Å². The molecule has 2 heteroatoms. The van der Waals surface area contributed by atoms with Crippen molar-refractivity contribution < 1.29 is 4.74 Å². The first-order valence-electron chi connectivity index (χ1n) is 2.54. The van der Waals surface area contributed by atoms with Crippen molar-refractivity contribution in [1.82, 2.24) is 0 Å². The lowest BCUT2D eigenvalue weighted by atomic mass is 10.6. The molecule has 8 heavy (non-hydrogen) atoms. The van der Waals surface area contributed by atoms with E-state index in [-0.39, 0.29) is 0 Å². The summed E-state index contributed by atoms with van der Waals surface area (Å²) >= 11 is 0. The quantitative estimate of drug-likeness (QED) is 0.393. The van der Waals surface area contributed by atoms with Crippen molar-refractivity contribution in [2.24, 2.45) is 4.99 Å². The summed E-state index contributed by atoms with van der Waals surface area (Å²) in [5.41, 5.74) is 0. The van der Waals surface area contributed by atoms with Crippen LogP contribution in [0.4, 0.5) is 0 Å². The fraction of sp³-hybridized carbons (Fsp3) is 0.500. The average Bonchev–Trinajstić information content (AvgIpc) is 1.83. The van der Waals surface area contributed by atoms with Crippen LogP contribution in [0.25, 0.3) is 0 Å². The van der Waals surface area contributed by atoms with Gasteiger partial charge in [0.1, 0.15) is 0 Å². The van der Waals surface area contributed by atoms with Crippen LogP contribution in [0.15, 0.2) is 17.0 Å². The van der Waals surface area contributed by atoms with Gasteiger partial charge < -0.3 is 4.74 Å². The Bertz CT molecular complexity index is 102. The number of hydrogen-bond acceptors (Lipinski definition) is 2. The molecule has 0 aliphatic carbocycles. The summed E-state index contributed by atoms with van der Waals surface area (Å²) in [7, 11) is 1.60. The maximum Gasteiger partial charge on any atom is 0.208 e. The lowest BCUT2D eigenvalue weighted by Crippen LogP contribution is -1.79. The first-order valence-corrected chi connectivity index (χ1v) is 2.54. The fourth-order valence-corrected chi connectivity index (χ4v) is 0.372. The molecule has 0 N–H and O–H groups in total. The zero-order chi connectivity index (χ0) is 6.41. The van der Waals surface area contributed by atoms with Crippen LogP contribution in [0.3, 0.4) is 0 Å². The summed E-state index contributed by atoms with van der Waals surface area (Å²) in [4.78, 5) is 3.88. The second-order valence-corrected chi connectivity index (χ2v) is 1.22. The summed E-state index contributed by atoms with van der Waals surface area (Å²) in [6, 6.07) is 0. The van der Waals surface area contributed by atoms with Crippen molar-refractivity contribution in [2.45, 2.75) is 13.8 Å². The minimum absolute atomic E-state index is 0.660. The first-order chi connectivity index (χ1) is 3.85. The molecule has 0 aliphatic rings. The van der Waals surface area contributed by atoms with Crippen LogP contribution >= 0.6 is 0 Å². The monoisotopic (exact) mass is 113 g/mol. The van der Waals surface area contributed by atoms with E-state index in [9.17, 15) is 0 Å². The SMILES string of the molecule is C/C=N\C(=C/C)OC. The number of allylic oxidation sites excluding steroid dienone is 1. The van der Waals surface area contributed by atoms with E-state index in [0.29, 0.717) is 5.88 Å². The minimum Gasteiger partial charge on any atom is -0.481 e. The highest BCUT2D eigenvalue weighted by molar-refractivity contribution is 5.54. The minimum atomic E-state index is 0.660. The molecular formula is C6H11NO. The van der Waals surface area contributed by atoms with Gasteiger partial charge in [-0.05, 0) is 19.9 Å². The molecule has 0 bridgehead atoms. The van der Waals surface area contributed by atoms with E-state index >= 15 is 0 Å². The highest BCUT2D eigenvalue weighted by Crippen LogP contribution is 1.93. The third-order valence-corrected chi connectivity index (χ3v) is 0.712. The Balaban J connectivity index is 3.72. The topological polar surface area (TPSA) is 21.6 Å². The summed E-state index contributed by atoms with van der Waals surface area (Å²) in [6.45, 7) is 3.73. The molecule has 0 atom stereocenters. The van der Waals surface area contributed by atoms with Crippen LogP contribution in [0, 0.1) is 0 Å². The average molecular weight is 113 g/mol. The van der Waals surface area contributed by atoms with E-state index in [4.69, 9.17) is 4.74 Å². The normalized spacial score (nSPS) is 12.6. The molecular weight excluding hydrogens is 102 g/mol. The van der Waals surface area contributed by atoms with E-state index in [2.05, 4.69) is 4.99 Å². The highest BCUT2D eigenvalue weighted by atomic mass is 16.5. The second-order valence-electron chi connectivity index (χ2n) is 1.22. The molecule has 0 rings (SSSR count). The zero-order valence-corrected chi connectivity index (χ0v) is 5.51. The molecule has 0 aliphatic heterocycles. The number of hydrogen-bond donors (Lipinski definition) is 0. The molecule has 0 saturated carbocycles. The molecule has 2 nitrogen and oxygen atoms in total. The molecule has 0 radical (unpaired) electrons. The van der Waals surface area contributed by atoms with Gasteiger partial charge >= 0.3 is 0 Å². The van der Waals surface area contributed by atoms with Gasteiger partial charge in [-0.2, -0.15) is 0 Å². The number of methoxy groups -OCH3 is 1. The van der Waals surface area contributed by atoms with Gasteiger partial charge in [0.25, 0.3) is 0 Å². The molecule has 0 spiro atoms. The third-order valence-electron chi connectivity index (χ3n) is 0.712. The van der Waals surface area contributed by atoms with Crippen LogP contribution in [0.1, 0.15) is 13.8 Å². The van der Waals surface area contributed by atoms with Crippen LogP contribution in [0.5, 0.6) is 0 Å². The van der Waals surface area contributed by atoms with Crippen molar-refractivity contribution in [3.63, 3.8) is 0 Å². The van der Waals surface area contributed by atoms with Gasteiger partial charge in [0.05, 0.1) is 7.11 Å². The van der Waals surface area contributed by atoms with Gasteiger partial charge in [-0.25, -0.2) is 4.99 Å². The smallest absolute Gasteiger partial charge is 0.208 e. The van der Waals surface area contributed by atoms with Crippen LogP contribution < -0.4 is 0 Å². The van der Waals surface area contributed by atoms with Crippen molar-refractivity contribution >= 4 is 6.21 Å². The van der Waals surface area contributed by atoms with Gasteiger partial charge in [0.2, 0.25) is 5.88 Å². The summed E-state index contributed by atoms with van der Waals surface area (Å²) in [5.74, 6) is 0.660. The van der Waals surface area contributed by atoms with Crippen molar-refractivity contribution in [3.8, 4) is 0 Å². The largest absolute Gasteiger partial charge is 0.481 e. The fourth-order valence-electron chi connectivity index (χ4n) is 0.372. The molecule has 0 aromatic rings. The van der Waals surface area contributed by atoms with E-state index in [1.54, 1.807) is 19.4 Å². The second kappa shape index (κ2) is 4.37. The Kier molecular flexibility index (Phi) is 3.94. The predicted molar refractivity (Wildman–Crippen MR) is 34.9 cm³/mol. The summed E-state index contributed by atoms with van der Waals surface area (Å²) in [5, 5.41) is 0. The van der Waals surface area contributed by atoms with Gasteiger partial charge in [0.15, 0.2) is 0 Å². The van der Waals surface area contributed by atoms with Crippen LogP contribution in [-0.2, 0) is 4.74 Å². The maximum atomic E-state index is 4.80. The summed E-state index contributed by atoms with van der Waals surface area (Å²) < 4.78 is 4.80. The van der Waals surface area contributed by atoms with Crippen LogP contribution in [-0.4, -0.2) is 13.3 Å². The van der Waals surface area contributed by atoms with E-state index in [1.807, 2.05) is 13.8 Å². The number of ether oxygens (including phenoxy) is 1. The molecule has 46 valence electrons. The maximum absolute atomic E-state index is 4.80. The van der Waals surface area contributed by atoms with E-state index in [0.717, 1.165) is 0 Å². The third kappa shape index (κ3) is 2.39. The number of nitrogens with zero attached hydrogens (tertiary/aromatic N) is 1. The standard InChI is InChI=1S/C6H11NO/c1-4-6(8-3)7-5-2/h4-5H,1-3H3/b6-4+,7-5-. The lowest BCUT2D eigenvalue weighted by molar-refractivity contribution is 0.288. The van der Waals surface area contributed by atoms with Gasteiger partial charge in [-0.3, -0.25) is 0 Å². The Morgan fingerprint density at radius 3 is 2.25 bits per heavy atom. The van der Waals surface area contributed by atoms with Crippen molar-refractivity contribution in [3.05, 3.63) is 12.0 Å². The lowest BCUT2D eigenvalue weighted by Gasteiger charge is -1.93. The number of aliphatic imine (C=N–C) groups is 1. The zero-order valence-electron chi connectivity index (χ0n) is 5.51. The Morgan fingerprint density at radius 1 is 1.50 bits per heavy atom. The van der Waals surface area contributed by atoms with Crippen LogP contribution in [0.2, 0.25) is 0 Å². The van der Waals surface area contributed by atoms with Gasteiger partial charge in [0, 0.05) is 6.21 Å². The van der Waals surface area contributed by atoms with Crippen molar-refractivity contribution in [1.29, 1.82) is 0 Å². The Hall–Kier alpha value is -0.790. The summed E-state index contributed by atoms with van der Waals surface area (Å²) in [6.07, 6.45) is 3.50. The molecule has 0 amide bonds. The van der Waals surface area contributed by atoms with E-state index < -0.39 is 0 Å². The highest BCUT2D eigenvalue weighted by Gasteiger charge is 1.80. The Labute approximate surface area is 49.9 Å². The molecule has 0 unspecified atom stereocenters. The molecule has 0 heterocycles. The molecule has 0 aromatic carbocycles. The number of rotatable bonds is 2. The first kappa shape index (κ1) is 7.21. The molecule has 0 fully saturated rings. The predicted octanol–water partition coefficient (Wildman–Crippen LogP) is 1.58. The van der Waals surface area contributed by atoms with Gasteiger partial charge in [-0.15, -0.1) is 0 Å². The molecule has 0 saturated heterocycles. The molecule has 0 aromatic heterocycles.